The number of rotatable bonds is 40. The highest BCUT2D eigenvalue weighted by molar-refractivity contribution is 7.47. The molecule has 9 nitrogen and oxygen atoms in total. The van der Waals surface area contributed by atoms with Crippen LogP contribution in [-0.2, 0) is 32.7 Å². The Bertz CT molecular complexity index is 1100. The number of quaternary nitrogens is 1. The van der Waals surface area contributed by atoms with Gasteiger partial charge in [-0.15, -0.1) is 0 Å². The van der Waals surface area contributed by atoms with Crippen LogP contribution in [0.15, 0.2) is 48.6 Å². The van der Waals surface area contributed by atoms with Crippen molar-refractivity contribution in [2.24, 2.45) is 0 Å². The van der Waals surface area contributed by atoms with Gasteiger partial charge >= 0.3 is 19.8 Å². The van der Waals surface area contributed by atoms with E-state index in [1.165, 1.54) is 89.9 Å². The SMILES string of the molecule is CCCCCC/C=C\CCCCCCCCCC(=O)O[C@H](COC(=O)CCC/C=C\C/C=C\C/C=C\CCCCCCCC)COP(=O)(O)OCC[N+](C)(C)C. The quantitative estimate of drug-likeness (QED) is 0.0214. The van der Waals surface area contributed by atoms with E-state index >= 15 is 0 Å². The van der Waals surface area contributed by atoms with E-state index in [-0.39, 0.29) is 26.1 Å². The molecule has 56 heavy (non-hydrogen) atoms. The van der Waals surface area contributed by atoms with Crippen LogP contribution < -0.4 is 0 Å². The summed E-state index contributed by atoms with van der Waals surface area (Å²) >= 11 is 0. The van der Waals surface area contributed by atoms with Gasteiger partial charge in [0.1, 0.15) is 19.8 Å². The Labute approximate surface area is 343 Å². The van der Waals surface area contributed by atoms with E-state index in [9.17, 15) is 19.0 Å². The smallest absolute Gasteiger partial charge is 0.462 e. The van der Waals surface area contributed by atoms with E-state index in [1.807, 2.05) is 21.1 Å². The molecule has 2 atom stereocenters. The number of carbonyl (C=O) groups excluding carboxylic acids is 2. The fourth-order valence-corrected chi connectivity index (χ4v) is 6.53. The van der Waals surface area contributed by atoms with E-state index in [2.05, 4.69) is 62.5 Å². The van der Waals surface area contributed by atoms with Crippen LogP contribution in [0.2, 0.25) is 0 Å². The summed E-state index contributed by atoms with van der Waals surface area (Å²) in [5.41, 5.74) is 0. The lowest BCUT2D eigenvalue weighted by Gasteiger charge is -2.24. The number of allylic oxidation sites excluding steroid dienone is 8. The maximum Gasteiger partial charge on any atom is 0.472 e. The second-order valence-electron chi connectivity index (χ2n) is 16.1. The maximum atomic E-state index is 12.7. The van der Waals surface area contributed by atoms with E-state index < -0.39 is 32.5 Å². The molecule has 0 amide bonds. The van der Waals surface area contributed by atoms with Crippen LogP contribution in [0.1, 0.15) is 181 Å². The molecular weight excluding hydrogens is 725 g/mol. The molecule has 326 valence electrons. The Morgan fingerprint density at radius 1 is 0.554 bits per heavy atom. The van der Waals surface area contributed by atoms with Gasteiger partial charge in [-0.2, -0.15) is 0 Å². The Hall–Kier alpha value is -2.03. The fourth-order valence-electron chi connectivity index (χ4n) is 5.79. The van der Waals surface area contributed by atoms with Crippen LogP contribution in [0.5, 0.6) is 0 Å². The summed E-state index contributed by atoms with van der Waals surface area (Å²) in [6.07, 6.45) is 44.5. The van der Waals surface area contributed by atoms with Crippen molar-refractivity contribution in [3.8, 4) is 0 Å². The predicted molar refractivity (Wildman–Crippen MR) is 233 cm³/mol. The highest BCUT2D eigenvalue weighted by Crippen LogP contribution is 2.43. The zero-order chi connectivity index (χ0) is 41.4. The molecule has 0 aliphatic carbocycles. The van der Waals surface area contributed by atoms with Crippen molar-refractivity contribution in [2.75, 3.05) is 47.5 Å². The van der Waals surface area contributed by atoms with E-state index in [1.54, 1.807) is 0 Å². The molecule has 1 unspecified atom stereocenters. The van der Waals surface area contributed by atoms with Gasteiger partial charge in [-0.25, -0.2) is 4.57 Å². The van der Waals surface area contributed by atoms with Crippen molar-refractivity contribution in [1.29, 1.82) is 0 Å². The summed E-state index contributed by atoms with van der Waals surface area (Å²) in [6, 6.07) is 0. The summed E-state index contributed by atoms with van der Waals surface area (Å²) in [7, 11) is 1.44. The normalized spacial score (nSPS) is 14.0. The number of phosphoric ester groups is 1. The van der Waals surface area contributed by atoms with Crippen molar-refractivity contribution in [3.05, 3.63) is 48.6 Å². The molecule has 0 rings (SSSR count). The first kappa shape index (κ1) is 54.0. The highest BCUT2D eigenvalue weighted by Gasteiger charge is 2.27. The van der Waals surface area contributed by atoms with Gasteiger partial charge in [-0.1, -0.05) is 146 Å². The largest absolute Gasteiger partial charge is 0.472 e. The first-order valence-corrected chi connectivity index (χ1v) is 23.9. The Kier molecular flexibility index (Phi) is 37.1. The number of unbranched alkanes of at least 4 members (excludes halogenated alkanes) is 18. The Morgan fingerprint density at radius 3 is 1.52 bits per heavy atom. The highest BCUT2D eigenvalue weighted by atomic mass is 31.2. The molecule has 0 aromatic heterocycles. The molecule has 10 heteroatoms. The van der Waals surface area contributed by atoms with E-state index in [4.69, 9.17) is 18.5 Å². The van der Waals surface area contributed by atoms with Crippen LogP contribution in [-0.4, -0.2) is 74.9 Å². The van der Waals surface area contributed by atoms with E-state index in [0.29, 0.717) is 23.9 Å². The number of esters is 2. The van der Waals surface area contributed by atoms with Crippen molar-refractivity contribution >= 4 is 19.8 Å². The Balaban J connectivity index is 4.44. The molecule has 0 saturated carbocycles. The second-order valence-corrected chi connectivity index (χ2v) is 17.5. The van der Waals surface area contributed by atoms with Crippen molar-refractivity contribution in [2.45, 2.75) is 187 Å². The van der Waals surface area contributed by atoms with Gasteiger partial charge in [-0.3, -0.25) is 18.6 Å². The third kappa shape index (κ3) is 41.6. The molecule has 0 aromatic rings. The molecule has 0 bridgehead atoms. The average molecular weight is 811 g/mol. The molecule has 1 N–H and O–H groups in total. The minimum atomic E-state index is -4.39. The summed E-state index contributed by atoms with van der Waals surface area (Å²) < 4.78 is 34.2. The molecular formula is C46H85NO8P+. The molecule has 0 aliphatic heterocycles. The molecule has 0 heterocycles. The lowest BCUT2D eigenvalue weighted by atomic mass is 10.1. The van der Waals surface area contributed by atoms with Gasteiger partial charge in [0, 0.05) is 12.8 Å². The lowest BCUT2D eigenvalue weighted by Crippen LogP contribution is -2.37. The number of hydrogen-bond donors (Lipinski definition) is 1. The first-order valence-electron chi connectivity index (χ1n) is 22.4. The van der Waals surface area contributed by atoms with Crippen LogP contribution >= 0.6 is 7.82 Å². The van der Waals surface area contributed by atoms with Gasteiger partial charge in [0.25, 0.3) is 0 Å². The minimum Gasteiger partial charge on any atom is -0.462 e. The van der Waals surface area contributed by atoms with E-state index in [0.717, 1.165) is 51.4 Å². The topological polar surface area (TPSA) is 108 Å². The van der Waals surface area contributed by atoms with Crippen LogP contribution in [0.4, 0.5) is 0 Å². The van der Waals surface area contributed by atoms with Gasteiger partial charge in [0.2, 0.25) is 0 Å². The third-order valence-electron chi connectivity index (χ3n) is 9.33. The zero-order valence-corrected chi connectivity index (χ0v) is 37.5. The predicted octanol–water partition coefficient (Wildman–Crippen LogP) is 12.7. The monoisotopic (exact) mass is 811 g/mol. The van der Waals surface area contributed by atoms with Gasteiger partial charge < -0.3 is 18.9 Å². The molecule has 0 aliphatic rings. The number of carbonyl (C=O) groups is 2. The van der Waals surface area contributed by atoms with Gasteiger partial charge in [-0.05, 0) is 70.6 Å². The molecule has 0 aromatic carbocycles. The molecule has 0 spiro atoms. The number of nitrogens with zero attached hydrogens (tertiary/aromatic N) is 1. The van der Waals surface area contributed by atoms with Gasteiger partial charge in [0.05, 0.1) is 27.7 Å². The summed E-state index contributed by atoms with van der Waals surface area (Å²) in [5.74, 6) is -0.866. The second kappa shape index (κ2) is 38.5. The number of phosphoric acid groups is 1. The molecule has 0 fully saturated rings. The molecule has 0 saturated heterocycles. The third-order valence-corrected chi connectivity index (χ3v) is 10.3. The molecule has 0 radical (unpaired) electrons. The number of hydrogen-bond acceptors (Lipinski definition) is 7. The van der Waals surface area contributed by atoms with Crippen molar-refractivity contribution in [3.63, 3.8) is 0 Å². The first-order chi connectivity index (χ1) is 27.0. The van der Waals surface area contributed by atoms with Gasteiger partial charge in [0.15, 0.2) is 6.10 Å². The number of likely N-dealkylation sites (N-methyl/N-ethyl adjacent to an activating group) is 1. The van der Waals surface area contributed by atoms with Crippen LogP contribution in [0.3, 0.4) is 0 Å². The minimum absolute atomic E-state index is 0.0222. The lowest BCUT2D eigenvalue weighted by molar-refractivity contribution is -0.870. The zero-order valence-electron chi connectivity index (χ0n) is 36.6. The number of ether oxygens (including phenoxy) is 2. The van der Waals surface area contributed by atoms with Crippen LogP contribution in [0, 0.1) is 0 Å². The fraction of sp³-hybridized carbons (Fsp3) is 0.783. The summed E-state index contributed by atoms with van der Waals surface area (Å²) in [6.45, 7) is 4.34. The average Bonchev–Trinajstić information content (AvgIpc) is 3.15. The summed E-state index contributed by atoms with van der Waals surface area (Å²) in [5, 5.41) is 0. The van der Waals surface area contributed by atoms with Crippen LogP contribution in [0.25, 0.3) is 0 Å². The van der Waals surface area contributed by atoms with Crippen molar-refractivity contribution in [1.82, 2.24) is 0 Å². The maximum absolute atomic E-state index is 12.7. The van der Waals surface area contributed by atoms with Crippen molar-refractivity contribution < 1.29 is 42.1 Å². The summed E-state index contributed by atoms with van der Waals surface area (Å²) in [4.78, 5) is 35.3. The Morgan fingerprint density at radius 2 is 0.982 bits per heavy atom. The standard InChI is InChI=1S/C46H84NO8P/c1-6-8-10-12-14-16-18-20-22-23-25-26-28-30-32-34-36-38-45(48)52-42-44(43-54-56(50,51)53-41-40-47(3,4)5)55-46(49)39-37-35-33-31-29-27-24-21-19-17-15-13-11-9-7-2/h17,19-20,22,25-26,30,32,44H,6-16,18,21,23-24,27-29,31,33-43H2,1-5H3/p+1/b19-17-,22-20-,26-25-,32-30-/t44-/m1/s1.